The number of aryl methyl sites for hydroxylation is 1. The van der Waals surface area contributed by atoms with Crippen LogP contribution in [-0.4, -0.2) is 6.71 Å². The molecule has 0 saturated heterocycles. The number of hydrogen-bond acceptors (Lipinski definition) is 3. The zero-order valence-electron chi connectivity index (χ0n) is 41.4. The molecule has 0 atom stereocenters. The predicted octanol–water partition coefficient (Wildman–Crippen LogP) is 15.0. The number of rotatable bonds is 2. The molecule has 6 aromatic carbocycles. The van der Waals surface area contributed by atoms with E-state index in [1.165, 1.54) is 122 Å². The fraction of sp³-hybridized carbons (Fsp3) is 0.410. The van der Waals surface area contributed by atoms with Crippen LogP contribution in [0.3, 0.4) is 0 Å². The van der Waals surface area contributed by atoms with E-state index in [-0.39, 0.29) is 39.2 Å². The number of hydrogen-bond donors (Lipinski definition) is 0. The molecular weight excluding hydrogens is 787 g/mol. The monoisotopic (exact) mass is 855 g/mol. The van der Waals surface area contributed by atoms with Gasteiger partial charge in [0.15, 0.2) is 0 Å². The largest absolute Gasteiger partial charge is 0.456 e. The summed E-state index contributed by atoms with van der Waals surface area (Å²) in [6.45, 7) is 32.1. The molecule has 0 radical (unpaired) electrons. The zero-order valence-corrected chi connectivity index (χ0v) is 41.4. The Kier molecular flexibility index (Phi) is 8.26. The summed E-state index contributed by atoms with van der Waals surface area (Å²) in [5.74, 6) is 0. The maximum atomic E-state index is 6.66. The first-order valence-electron chi connectivity index (χ1n) is 24.8. The average molecular weight is 855 g/mol. The smallest absolute Gasteiger partial charge is 0.252 e. The number of fused-ring (bicyclic) bond motifs is 10. The molecule has 0 fully saturated rings. The van der Waals surface area contributed by atoms with Gasteiger partial charge in [0.1, 0.15) is 11.2 Å². The quantitative estimate of drug-likeness (QED) is 0.162. The number of para-hydroxylation sites is 1. The van der Waals surface area contributed by atoms with E-state index in [2.05, 4.69) is 197 Å². The molecule has 2 aliphatic heterocycles. The molecule has 12 rings (SSSR count). The molecule has 0 N–H and O–H groups in total. The van der Waals surface area contributed by atoms with Crippen molar-refractivity contribution in [1.29, 1.82) is 0 Å². The van der Waals surface area contributed by atoms with E-state index in [0.29, 0.717) is 0 Å². The lowest BCUT2D eigenvalue weighted by atomic mass is 9.32. The van der Waals surface area contributed by atoms with Crippen molar-refractivity contribution in [2.45, 2.75) is 161 Å². The maximum Gasteiger partial charge on any atom is 0.252 e. The summed E-state index contributed by atoms with van der Waals surface area (Å²) in [5.41, 5.74) is 24.5. The third kappa shape index (κ3) is 5.80. The van der Waals surface area contributed by atoms with Gasteiger partial charge >= 0.3 is 0 Å². The van der Waals surface area contributed by atoms with Gasteiger partial charge in [0, 0.05) is 51.0 Å². The highest BCUT2D eigenvalue weighted by Crippen LogP contribution is 2.54. The van der Waals surface area contributed by atoms with Crippen molar-refractivity contribution in [1.82, 2.24) is 0 Å². The van der Waals surface area contributed by atoms with E-state index in [1.807, 2.05) is 0 Å². The van der Waals surface area contributed by atoms with E-state index in [9.17, 15) is 0 Å². The van der Waals surface area contributed by atoms with Gasteiger partial charge < -0.3 is 14.2 Å². The molecule has 0 saturated carbocycles. The third-order valence-electron chi connectivity index (χ3n) is 17.9. The maximum absolute atomic E-state index is 6.66. The molecule has 0 bridgehead atoms. The van der Waals surface area contributed by atoms with Crippen molar-refractivity contribution >= 4 is 79.2 Å². The summed E-state index contributed by atoms with van der Waals surface area (Å²) in [6.07, 6.45) is 7.10. The molecule has 7 aromatic rings. The van der Waals surface area contributed by atoms with Crippen molar-refractivity contribution in [3.63, 3.8) is 0 Å². The highest BCUT2D eigenvalue weighted by molar-refractivity contribution is 7.00. The molecule has 3 aliphatic carbocycles. The highest BCUT2D eigenvalue weighted by atomic mass is 16.3. The molecule has 0 unspecified atom stereocenters. The van der Waals surface area contributed by atoms with Crippen LogP contribution in [0.2, 0.25) is 0 Å². The Balaban J connectivity index is 1.21. The summed E-state index contributed by atoms with van der Waals surface area (Å²) >= 11 is 0. The first-order valence-corrected chi connectivity index (χ1v) is 24.8. The average Bonchev–Trinajstić information content (AvgIpc) is 3.63. The molecule has 1 aromatic heterocycles. The summed E-state index contributed by atoms with van der Waals surface area (Å²) in [7, 11) is 0. The minimum Gasteiger partial charge on any atom is -0.456 e. The molecule has 0 spiro atoms. The van der Waals surface area contributed by atoms with E-state index in [1.54, 1.807) is 0 Å². The van der Waals surface area contributed by atoms with Crippen LogP contribution in [-0.2, 0) is 32.5 Å². The van der Waals surface area contributed by atoms with Crippen molar-refractivity contribution < 1.29 is 4.42 Å². The van der Waals surface area contributed by atoms with Gasteiger partial charge in [-0.2, -0.15) is 0 Å². The minimum atomic E-state index is 0.0526. The second-order valence-electron chi connectivity index (χ2n) is 25.0. The van der Waals surface area contributed by atoms with Gasteiger partial charge in [-0.3, -0.25) is 0 Å². The summed E-state index contributed by atoms with van der Waals surface area (Å²) in [5, 5.41) is 2.32. The molecule has 330 valence electrons. The van der Waals surface area contributed by atoms with E-state index < -0.39 is 0 Å². The predicted molar refractivity (Wildman–Crippen MR) is 278 cm³/mol. The van der Waals surface area contributed by atoms with Crippen LogP contribution in [0.15, 0.2) is 101 Å². The van der Waals surface area contributed by atoms with Crippen LogP contribution in [0.4, 0.5) is 34.1 Å². The fourth-order valence-corrected chi connectivity index (χ4v) is 13.4. The Labute approximate surface area is 388 Å². The fourth-order valence-electron chi connectivity index (χ4n) is 13.4. The van der Waals surface area contributed by atoms with Crippen molar-refractivity contribution in [2.75, 3.05) is 9.80 Å². The van der Waals surface area contributed by atoms with Crippen LogP contribution in [0.25, 0.3) is 21.9 Å². The van der Waals surface area contributed by atoms with Crippen LogP contribution in [0, 0.1) is 6.92 Å². The normalized spacial score (nSPS) is 21.0. The van der Waals surface area contributed by atoms with Gasteiger partial charge in [0.25, 0.3) is 6.71 Å². The summed E-state index contributed by atoms with van der Waals surface area (Å²) < 4.78 is 6.66. The Hall–Kier alpha value is -5.22. The van der Waals surface area contributed by atoms with Gasteiger partial charge in [-0.1, -0.05) is 119 Å². The molecule has 4 heteroatoms. The van der Waals surface area contributed by atoms with E-state index >= 15 is 0 Å². The second kappa shape index (κ2) is 13.0. The number of anilines is 6. The first kappa shape index (κ1) is 41.2. The van der Waals surface area contributed by atoms with Crippen molar-refractivity contribution in [3.8, 4) is 0 Å². The number of furan rings is 1. The Morgan fingerprint density at radius 2 is 0.815 bits per heavy atom. The molecule has 0 amide bonds. The van der Waals surface area contributed by atoms with E-state index in [4.69, 9.17) is 4.42 Å². The van der Waals surface area contributed by atoms with E-state index in [0.717, 1.165) is 27.6 Å². The summed E-state index contributed by atoms with van der Waals surface area (Å²) in [6, 6.07) is 38.6. The lowest BCUT2D eigenvalue weighted by molar-refractivity contribution is 0.332. The molecule has 3 heterocycles. The molecule has 3 nitrogen and oxygen atoms in total. The minimum absolute atomic E-state index is 0.0526. The molecule has 5 aliphatic rings. The summed E-state index contributed by atoms with van der Waals surface area (Å²) in [4.78, 5) is 5.32. The zero-order chi connectivity index (χ0) is 45.5. The van der Waals surface area contributed by atoms with Crippen LogP contribution < -0.4 is 26.2 Å². The number of benzene rings is 6. The SMILES string of the molecule is Cc1cc2c3c(c1)N(c1ccc4c(c1)oc1ccccc14)c1cc4c(cc1B3c1cc3c(cc1N2c1ccc2c(c1)C(C)(C)CCC2(C)C)C(C)(C)CCC3(C)C)C(C)(C)CCC4(C)C. The first-order chi connectivity index (χ1) is 30.6. The van der Waals surface area contributed by atoms with Crippen LogP contribution in [0.5, 0.6) is 0 Å². The van der Waals surface area contributed by atoms with Crippen LogP contribution >= 0.6 is 0 Å². The number of nitrogens with zero attached hydrogens (tertiary/aromatic N) is 2. The van der Waals surface area contributed by atoms with Gasteiger partial charge in [-0.15, -0.1) is 0 Å². The van der Waals surface area contributed by atoms with Gasteiger partial charge in [0.05, 0.1) is 0 Å². The molecular formula is C61H67BN2O. The Morgan fingerprint density at radius 3 is 1.34 bits per heavy atom. The lowest BCUT2D eigenvalue weighted by Crippen LogP contribution is -2.62. The van der Waals surface area contributed by atoms with Crippen LogP contribution in [0.1, 0.15) is 161 Å². The lowest BCUT2D eigenvalue weighted by Gasteiger charge is -2.49. The van der Waals surface area contributed by atoms with Gasteiger partial charge in [-0.05, 0) is 188 Å². The Bertz CT molecular complexity index is 3210. The second-order valence-corrected chi connectivity index (χ2v) is 25.0. The highest BCUT2D eigenvalue weighted by Gasteiger charge is 2.49. The topological polar surface area (TPSA) is 19.6 Å². The molecule has 65 heavy (non-hydrogen) atoms. The van der Waals surface area contributed by atoms with Gasteiger partial charge in [0.2, 0.25) is 0 Å². The Morgan fingerprint density at radius 1 is 0.400 bits per heavy atom. The van der Waals surface area contributed by atoms with Crippen molar-refractivity contribution in [2.24, 2.45) is 0 Å². The standard InChI is InChI=1S/C61H67BN2O/c1-36-28-51-55-52(29-36)64(38-18-20-40-39-16-14-15-17-53(39)65-54(40)31-38)50-35-46-44(59(8,9)25-27-61(46,12)13)33-48(50)62(55)47-32-43-45(60(10,11)26-24-58(43,6)7)34-49(47)63(51)37-19-21-41-42(30-37)57(4,5)23-22-56(41,2)3/h14-21,28-35H,22-27H2,1-13H3. The van der Waals surface area contributed by atoms with Gasteiger partial charge in [-0.25, -0.2) is 0 Å². The third-order valence-corrected chi connectivity index (χ3v) is 17.9. The van der Waals surface area contributed by atoms with Crippen molar-refractivity contribution in [3.05, 3.63) is 136 Å².